The molecule has 1 unspecified atom stereocenters. The maximum atomic E-state index is 12.5. The number of ether oxygens (including phenoxy) is 1. The Morgan fingerprint density at radius 2 is 2.16 bits per heavy atom. The average Bonchev–Trinajstić information content (AvgIpc) is 3.15. The van der Waals surface area contributed by atoms with Gasteiger partial charge in [0.15, 0.2) is 0 Å². The van der Waals surface area contributed by atoms with E-state index < -0.39 is 11.9 Å². The highest BCUT2D eigenvalue weighted by atomic mass is 35.5. The molecule has 1 atom stereocenters. The molecule has 0 radical (unpaired) electrons. The second-order valence-electron chi connectivity index (χ2n) is 6.80. The first kappa shape index (κ1) is 23.3. The van der Waals surface area contributed by atoms with Gasteiger partial charge in [-0.05, 0) is 37.3 Å². The van der Waals surface area contributed by atoms with Crippen LogP contribution in [-0.4, -0.2) is 43.5 Å². The molecule has 1 aliphatic rings. The van der Waals surface area contributed by atoms with Crippen molar-refractivity contribution in [2.45, 2.75) is 19.4 Å². The Bertz CT molecular complexity index is 1130. The van der Waals surface area contributed by atoms with E-state index in [0.717, 1.165) is 0 Å². The van der Waals surface area contributed by atoms with Gasteiger partial charge >= 0.3 is 0 Å². The van der Waals surface area contributed by atoms with Crippen molar-refractivity contribution in [3.8, 4) is 18.5 Å². The van der Waals surface area contributed by atoms with E-state index in [1.54, 1.807) is 37.3 Å². The zero-order chi connectivity index (χ0) is 23.1. The molecule has 1 aromatic carbocycles. The number of carbonyl (C=O) groups excluding carboxylic acids is 2. The molecular weight excluding hydrogens is 450 g/mol. The first-order valence-electron chi connectivity index (χ1n) is 9.71. The van der Waals surface area contributed by atoms with E-state index in [0.29, 0.717) is 58.2 Å². The molecule has 32 heavy (non-hydrogen) atoms. The highest BCUT2D eigenvalue weighted by Gasteiger charge is 2.21. The van der Waals surface area contributed by atoms with Crippen LogP contribution in [0.1, 0.15) is 27.9 Å². The number of aliphatic imine (C=N–C) groups is 1. The van der Waals surface area contributed by atoms with Gasteiger partial charge in [-0.25, -0.2) is 0 Å². The van der Waals surface area contributed by atoms with Gasteiger partial charge in [-0.2, -0.15) is 10.3 Å². The van der Waals surface area contributed by atoms with E-state index in [-0.39, 0.29) is 5.91 Å². The molecule has 1 saturated heterocycles. The third kappa shape index (κ3) is 5.65. The highest BCUT2D eigenvalue weighted by Crippen LogP contribution is 2.30. The number of terminal acetylenes is 1. The smallest absolute Gasteiger partial charge is 0.262 e. The molecule has 0 aliphatic carbocycles. The van der Waals surface area contributed by atoms with Crippen molar-refractivity contribution in [2.75, 3.05) is 30.0 Å². The largest absolute Gasteiger partial charge is 0.379 e. The van der Waals surface area contributed by atoms with Gasteiger partial charge in [-0.15, -0.1) is 17.8 Å². The summed E-state index contributed by atoms with van der Waals surface area (Å²) in [5.74, 6) is 2.27. The molecule has 1 aromatic heterocycles. The third-order valence-electron chi connectivity index (χ3n) is 4.64. The maximum Gasteiger partial charge on any atom is 0.262 e. The van der Waals surface area contributed by atoms with Crippen molar-refractivity contribution in [2.24, 2.45) is 4.99 Å². The predicted molar refractivity (Wildman–Crippen MR) is 125 cm³/mol. The number of rotatable bonds is 5. The summed E-state index contributed by atoms with van der Waals surface area (Å²) in [5.41, 5.74) is 1.13. The van der Waals surface area contributed by atoms with Gasteiger partial charge in [-0.1, -0.05) is 17.5 Å². The van der Waals surface area contributed by atoms with E-state index in [9.17, 15) is 9.59 Å². The van der Waals surface area contributed by atoms with Crippen LogP contribution in [0.2, 0.25) is 5.02 Å². The zero-order valence-corrected chi connectivity index (χ0v) is 18.8. The van der Waals surface area contributed by atoms with E-state index in [2.05, 4.69) is 21.5 Å². The summed E-state index contributed by atoms with van der Waals surface area (Å²) in [6.07, 6.45) is 7.63. The second kappa shape index (κ2) is 10.8. The first-order valence-corrected chi connectivity index (χ1v) is 10.9. The van der Waals surface area contributed by atoms with Gasteiger partial charge in [0.1, 0.15) is 11.9 Å². The van der Waals surface area contributed by atoms with Crippen molar-refractivity contribution >= 4 is 52.0 Å². The molecule has 3 rings (SSSR count). The summed E-state index contributed by atoms with van der Waals surface area (Å²) in [4.78, 5) is 31.6. The number of hydrogen-bond donors (Lipinski definition) is 2. The Hall–Kier alpha value is -3.37. The summed E-state index contributed by atoms with van der Waals surface area (Å²) in [6, 6.07) is 7.56. The first-order chi connectivity index (χ1) is 15.4. The monoisotopic (exact) mass is 469 g/mol. The summed E-state index contributed by atoms with van der Waals surface area (Å²) in [6.45, 7) is 3.03. The highest BCUT2D eigenvalue weighted by molar-refractivity contribution is 7.14. The number of nitrogens with zero attached hydrogens (tertiary/aromatic N) is 3. The van der Waals surface area contributed by atoms with Crippen LogP contribution in [-0.2, 0) is 9.53 Å². The lowest BCUT2D eigenvalue weighted by molar-refractivity contribution is -0.117. The van der Waals surface area contributed by atoms with Crippen LogP contribution in [0.5, 0.6) is 0 Å². The fourth-order valence-electron chi connectivity index (χ4n) is 3.04. The Labute approximate surface area is 194 Å². The minimum atomic E-state index is -0.783. The quantitative estimate of drug-likeness (QED) is 0.516. The van der Waals surface area contributed by atoms with Gasteiger partial charge in [-0.3, -0.25) is 9.59 Å². The number of halogens is 1. The van der Waals surface area contributed by atoms with Crippen LogP contribution in [0.15, 0.2) is 35.3 Å². The van der Waals surface area contributed by atoms with Crippen molar-refractivity contribution in [3.05, 3.63) is 45.1 Å². The second-order valence-corrected chi connectivity index (χ2v) is 8.29. The zero-order valence-electron chi connectivity index (χ0n) is 17.2. The fourth-order valence-corrected chi connectivity index (χ4v) is 4.05. The summed E-state index contributed by atoms with van der Waals surface area (Å²) >= 11 is 7.65. The molecule has 1 aliphatic heterocycles. The Morgan fingerprint density at radius 1 is 1.34 bits per heavy atom. The van der Waals surface area contributed by atoms with Gasteiger partial charge < -0.3 is 20.3 Å². The summed E-state index contributed by atoms with van der Waals surface area (Å²) in [5, 5.41) is 14.7. The molecule has 2 amide bonds. The van der Waals surface area contributed by atoms with Gasteiger partial charge in [0.2, 0.25) is 12.1 Å². The van der Waals surface area contributed by atoms with E-state index >= 15 is 0 Å². The number of benzene rings is 1. The van der Waals surface area contributed by atoms with Crippen molar-refractivity contribution in [1.29, 1.82) is 5.26 Å². The SMILES string of the molecule is C#Cc1ccc(C(=O)NC(C)C(=O)Nc2ccc(N3CCOCC/C3=N/C#N)c(Cl)c2)s1. The number of nitriles is 1. The van der Waals surface area contributed by atoms with Gasteiger partial charge in [0, 0.05) is 18.7 Å². The molecular formula is C22H20ClN5O3S. The average molecular weight is 470 g/mol. The van der Waals surface area contributed by atoms with E-state index in [1.165, 1.54) is 11.3 Å². The van der Waals surface area contributed by atoms with Crippen LogP contribution in [0.4, 0.5) is 11.4 Å². The molecule has 0 saturated carbocycles. The summed E-state index contributed by atoms with van der Waals surface area (Å²) in [7, 11) is 0. The molecule has 8 nitrogen and oxygen atoms in total. The summed E-state index contributed by atoms with van der Waals surface area (Å²) < 4.78 is 5.46. The van der Waals surface area contributed by atoms with Crippen molar-refractivity contribution in [3.63, 3.8) is 0 Å². The minimum Gasteiger partial charge on any atom is -0.379 e. The van der Waals surface area contributed by atoms with Crippen molar-refractivity contribution < 1.29 is 14.3 Å². The van der Waals surface area contributed by atoms with Gasteiger partial charge in [0.05, 0.1) is 33.7 Å². The van der Waals surface area contributed by atoms with Crippen molar-refractivity contribution in [1.82, 2.24) is 5.32 Å². The Morgan fingerprint density at radius 3 is 2.84 bits per heavy atom. The lowest BCUT2D eigenvalue weighted by Crippen LogP contribution is -2.41. The normalized spacial score (nSPS) is 15.9. The molecule has 2 aromatic rings. The Kier molecular flexibility index (Phi) is 7.85. The number of carbonyl (C=O) groups is 2. The predicted octanol–water partition coefficient (Wildman–Crippen LogP) is 3.25. The molecule has 0 bridgehead atoms. The third-order valence-corrected chi connectivity index (χ3v) is 5.96. The molecule has 0 spiro atoms. The standard InChI is InChI=1S/C22H20ClN5O3S/c1-3-16-5-7-19(32-16)22(30)26-14(2)21(29)27-15-4-6-18(17(23)12-15)28-9-11-31-10-8-20(28)25-13-24/h1,4-7,12,14H,8-11H2,2H3,(H,26,30)(H,27,29)/b25-20-. The number of amidine groups is 1. The number of nitrogens with one attached hydrogen (secondary N) is 2. The molecule has 164 valence electrons. The number of hydrogen-bond acceptors (Lipinski definition) is 6. The number of thiophene rings is 1. The van der Waals surface area contributed by atoms with Crippen LogP contribution in [0.3, 0.4) is 0 Å². The van der Waals surface area contributed by atoms with Crippen LogP contribution < -0.4 is 15.5 Å². The fraction of sp³-hybridized carbons (Fsp3) is 0.273. The number of amides is 2. The minimum absolute atomic E-state index is 0.375. The molecule has 2 N–H and O–H groups in total. The number of anilines is 2. The molecule has 10 heteroatoms. The van der Waals surface area contributed by atoms with Crippen LogP contribution in [0.25, 0.3) is 0 Å². The lowest BCUT2D eigenvalue weighted by atomic mass is 10.2. The van der Waals surface area contributed by atoms with Crippen LogP contribution >= 0.6 is 22.9 Å². The van der Waals surface area contributed by atoms with E-state index in [4.69, 9.17) is 28.0 Å². The Balaban J connectivity index is 1.67. The van der Waals surface area contributed by atoms with Gasteiger partial charge in [0.25, 0.3) is 5.91 Å². The lowest BCUT2D eigenvalue weighted by Gasteiger charge is -2.24. The molecule has 2 heterocycles. The molecule has 1 fully saturated rings. The van der Waals surface area contributed by atoms with Crippen LogP contribution in [0, 0.1) is 23.8 Å². The topological polar surface area (TPSA) is 107 Å². The maximum absolute atomic E-state index is 12.5. The van der Waals surface area contributed by atoms with E-state index in [1.807, 2.05) is 11.1 Å².